The fourth-order valence-corrected chi connectivity index (χ4v) is 8.29. The molecule has 2 aliphatic heterocycles. The number of nitrogens with two attached hydrogens (primary N) is 1. The monoisotopic (exact) mass is 963 g/mol. The summed E-state index contributed by atoms with van der Waals surface area (Å²) >= 11 is 1.25. The molecule has 0 unspecified atom stereocenters. The molecule has 3 heterocycles. The standard InChI is InChI=1S/C36H34F3N4O8PS.C8H7NO2.2Na/c1-23-7-9-27(17-50-52(45,46)47)30(13-23)35(44)51-36(20-43-22-41-21-42-43,31-12-11-28(37)15-33(31)39)24(2)53-29-18-48-34(49-19-29)6-4-3-5-26-10-8-25(16-40)14-32(26)38;9-6-2-1-5-4-11-8(10)7(5)3-6;;/h3-15,21-22,24,29,34H,17-20H2,1-2H3,(H2,45,46,47);1-3H,4,9H2;;/q;;2*+1/p-2/b5-3+,6-4+;;;/t24-,29?,34?,36-;;;/m1.../s1. The Bertz CT molecular complexity index is 2650. The van der Waals surface area contributed by atoms with Crippen molar-refractivity contribution >= 4 is 43.3 Å². The Morgan fingerprint density at radius 2 is 1.82 bits per heavy atom. The van der Waals surface area contributed by atoms with Crippen LogP contribution < -0.4 is 74.6 Å². The number of cyclic esters (lactones) is 1. The Morgan fingerprint density at radius 3 is 2.48 bits per heavy atom. The summed E-state index contributed by atoms with van der Waals surface area (Å²) in [6.07, 6.45) is 8.19. The topological polar surface area (TPSA) is 224 Å². The van der Waals surface area contributed by atoms with E-state index in [1.165, 1.54) is 65.5 Å². The number of fused-ring (bicyclic) bond motifs is 1. The van der Waals surface area contributed by atoms with Crippen LogP contribution in [0.5, 0.6) is 0 Å². The van der Waals surface area contributed by atoms with E-state index in [0.29, 0.717) is 35.1 Å². The van der Waals surface area contributed by atoms with Crippen LogP contribution >= 0.6 is 19.6 Å². The van der Waals surface area contributed by atoms with Gasteiger partial charge in [0.05, 0.1) is 62.2 Å². The summed E-state index contributed by atoms with van der Waals surface area (Å²) in [5.74, 6) is -3.69. The number of benzene rings is 4. The fraction of sp³-hybridized carbons (Fsp3) is 0.250. The van der Waals surface area contributed by atoms with Crippen molar-refractivity contribution in [2.75, 3.05) is 18.9 Å². The van der Waals surface area contributed by atoms with Crippen LogP contribution in [-0.2, 0) is 53.4 Å². The number of nitriles is 1. The number of esters is 2. The summed E-state index contributed by atoms with van der Waals surface area (Å²) in [5, 5.41) is 11.9. The SMILES string of the molecule is Cc1ccc(COP(=O)([O-])[O-])c(C(=O)O[C@@](Cn2cncn2)(c2ccc(F)cc2F)[C@@H](C)SC2COC(/C=C/C=C/c3ccc(C#N)cc3F)OC2)c1.Nc1ccc2c(c1)C(=O)OC2.[Na+].[Na+]. The molecule has 1 aromatic heterocycles. The van der Waals surface area contributed by atoms with Crippen molar-refractivity contribution in [1.82, 2.24) is 14.8 Å². The molecule has 0 spiro atoms. The molecule has 0 amide bonds. The van der Waals surface area contributed by atoms with E-state index in [1.807, 2.05) is 12.1 Å². The number of nitrogen functional groups attached to an aromatic ring is 1. The second-order valence-electron chi connectivity index (χ2n) is 14.4. The molecular formula is C44H39F3N5Na2O10PS. The third kappa shape index (κ3) is 14.7. The normalized spacial score (nSPS) is 17.0. The molecule has 4 aromatic carbocycles. The number of anilines is 1. The van der Waals surface area contributed by atoms with Crippen LogP contribution in [0.4, 0.5) is 18.9 Å². The maximum atomic E-state index is 15.8. The van der Waals surface area contributed by atoms with Crippen molar-refractivity contribution < 1.29 is 120 Å². The van der Waals surface area contributed by atoms with E-state index < -0.39 is 55.0 Å². The molecule has 1 saturated heterocycles. The number of phosphoric acid groups is 1. The number of phosphoric ester groups is 1. The van der Waals surface area contributed by atoms with Gasteiger partial charge in [-0.3, -0.25) is 0 Å². The van der Waals surface area contributed by atoms with Crippen LogP contribution in [0.3, 0.4) is 0 Å². The molecule has 0 bridgehead atoms. The van der Waals surface area contributed by atoms with Crippen LogP contribution in [-0.4, -0.2) is 56.7 Å². The molecule has 1 fully saturated rings. The van der Waals surface area contributed by atoms with Gasteiger partial charge in [0, 0.05) is 33.7 Å². The number of carbonyl (C=O) groups excluding carboxylic acids is 2. The predicted octanol–water partition coefficient (Wildman–Crippen LogP) is 0.0533. The van der Waals surface area contributed by atoms with Gasteiger partial charge in [-0.05, 0) is 68.0 Å². The van der Waals surface area contributed by atoms with E-state index in [2.05, 4.69) is 14.6 Å². The quantitative estimate of drug-likeness (QED) is 0.0511. The number of hydrogen-bond acceptors (Lipinski definition) is 15. The van der Waals surface area contributed by atoms with Crippen LogP contribution in [0, 0.1) is 35.7 Å². The minimum Gasteiger partial charge on any atom is -0.790 e. The minimum atomic E-state index is -5.41. The summed E-state index contributed by atoms with van der Waals surface area (Å²) in [6.45, 7) is 3.01. The third-order valence-corrected chi connectivity index (χ3v) is 11.7. The molecular weight excluding hydrogens is 925 g/mol. The number of allylic oxidation sites excluding steroid dienone is 2. The molecule has 15 nitrogen and oxygen atoms in total. The Kier molecular flexibility index (Phi) is 20.5. The fourth-order valence-electron chi connectivity index (χ4n) is 6.63. The number of halogens is 3. The molecule has 0 aliphatic carbocycles. The average Bonchev–Trinajstić information content (AvgIpc) is 3.91. The van der Waals surface area contributed by atoms with E-state index in [0.717, 1.165) is 17.7 Å². The van der Waals surface area contributed by atoms with Crippen molar-refractivity contribution in [1.29, 1.82) is 5.26 Å². The summed E-state index contributed by atoms with van der Waals surface area (Å²) in [5.41, 5.74) is 6.49. The first-order chi connectivity index (χ1) is 30.5. The second-order valence-corrected chi connectivity index (χ2v) is 17.2. The number of nitrogens with zero attached hydrogens (tertiary/aromatic N) is 4. The van der Waals surface area contributed by atoms with Crippen molar-refractivity contribution in [3.8, 4) is 6.07 Å². The molecule has 66 heavy (non-hydrogen) atoms. The Morgan fingerprint density at radius 1 is 1.06 bits per heavy atom. The summed E-state index contributed by atoms with van der Waals surface area (Å²) in [4.78, 5) is 51.5. The number of ether oxygens (including phenoxy) is 4. The molecule has 7 rings (SSSR count). The zero-order chi connectivity index (χ0) is 46.0. The van der Waals surface area contributed by atoms with Gasteiger partial charge in [0.15, 0.2) is 11.9 Å². The van der Waals surface area contributed by atoms with Crippen molar-refractivity contribution in [3.05, 3.63) is 166 Å². The predicted molar refractivity (Wildman–Crippen MR) is 223 cm³/mol. The molecule has 5 aromatic rings. The minimum absolute atomic E-state index is 0. The van der Waals surface area contributed by atoms with Gasteiger partial charge >= 0.3 is 71.1 Å². The zero-order valence-electron chi connectivity index (χ0n) is 36.1. The molecule has 2 N–H and O–H groups in total. The number of rotatable bonds is 14. The average molecular weight is 964 g/mol. The molecule has 0 radical (unpaired) electrons. The maximum absolute atomic E-state index is 15.8. The van der Waals surface area contributed by atoms with Gasteiger partial charge in [0.1, 0.15) is 36.7 Å². The van der Waals surface area contributed by atoms with E-state index in [4.69, 9.17) is 29.9 Å². The number of aryl methyl sites for hydroxylation is 1. The molecule has 0 saturated carbocycles. The third-order valence-electron chi connectivity index (χ3n) is 9.83. The summed E-state index contributed by atoms with van der Waals surface area (Å²) in [6, 6.07) is 18.5. The first-order valence-corrected chi connectivity index (χ1v) is 21.7. The van der Waals surface area contributed by atoms with Crippen LogP contribution in [0.2, 0.25) is 0 Å². The Hall–Kier alpha value is -4.10. The van der Waals surface area contributed by atoms with Gasteiger partial charge in [-0.1, -0.05) is 48.1 Å². The van der Waals surface area contributed by atoms with E-state index in [-0.39, 0.29) is 112 Å². The number of aromatic nitrogens is 3. The Balaban J connectivity index is 0.000000635. The van der Waals surface area contributed by atoms with Gasteiger partial charge in [0.25, 0.3) is 0 Å². The van der Waals surface area contributed by atoms with Crippen LogP contribution in [0.25, 0.3) is 6.08 Å². The Labute approximate surface area is 426 Å². The van der Waals surface area contributed by atoms with Crippen LogP contribution in [0.15, 0.2) is 104 Å². The van der Waals surface area contributed by atoms with Crippen LogP contribution in [0.1, 0.15) is 61.0 Å². The summed E-state index contributed by atoms with van der Waals surface area (Å²) < 4.78 is 84.0. The first kappa shape index (κ1) is 54.5. The summed E-state index contributed by atoms with van der Waals surface area (Å²) in [7, 11) is -5.41. The number of carbonyl (C=O) groups is 2. The van der Waals surface area contributed by atoms with Crippen molar-refractivity contribution in [3.63, 3.8) is 0 Å². The van der Waals surface area contributed by atoms with Gasteiger partial charge < -0.3 is 43.6 Å². The van der Waals surface area contributed by atoms with Crippen molar-refractivity contribution in [2.24, 2.45) is 0 Å². The molecule has 2 aliphatic rings. The first-order valence-electron chi connectivity index (χ1n) is 19.3. The molecule has 2 atom stereocenters. The van der Waals surface area contributed by atoms with Gasteiger partial charge in [-0.25, -0.2) is 32.4 Å². The van der Waals surface area contributed by atoms with Gasteiger partial charge in [-0.2, -0.15) is 10.4 Å². The smallest absolute Gasteiger partial charge is 0.790 e. The molecule has 22 heteroatoms. The largest absolute Gasteiger partial charge is 1.00 e. The molecule has 334 valence electrons. The number of hydrogen-bond donors (Lipinski definition) is 1. The van der Waals surface area contributed by atoms with E-state index in [9.17, 15) is 32.7 Å². The van der Waals surface area contributed by atoms with Crippen molar-refractivity contribution in [2.45, 2.75) is 56.0 Å². The van der Waals surface area contributed by atoms with E-state index >= 15 is 4.39 Å². The maximum Gasteiger partial charge on any atom is 1.00 e. The van der Waals surface area contributed by atoms with Gasteiger partial charge in [0.2, 0.25) is 0 Å². The van der Waals surface area contributed by atoms with E-state index in [1.54, 1.807) is 50.3 Å². The zero-order valence-corrected chi connectivity index (χ0v) is 41.8. The number of thioether (sulfide) groups is 1. The second kappa shape index (κ2) is 24.8. The van der Waals surface area contributed by atoms with Gasteiger partial charge in [-0.15, -0.1) is 11.8 Å².